The summed E-state index contributed by atoms with van der Waals surface area (Å²) in [5.41, 5.74) is 2.00. The fourth-order valence-electron chi connectivity index (χ4n) is 2.48. The molecule has 0 bridgehead atoms. The van der Waals surface area contributed by atoms with Crippen molar-refractivity contribution in [2.75, 3.05) is 22.1 Å². The van der Waals surface area contributed by atoms with Crippen LogP contribution in [0.15, 0.2) is 36.5 Å². The Morgan fingerprint density at radius 2 is 1.96 bits per heavy atom. The highest BCUT2D eigenvalue weighted by atomic mass is 32.2. The van der Waals surface area contributed by atoms with Gasteiger partial charge in [-0.05, 0) is 31.5 Å². The Morgan fingerprint density at radius 1 is 1.21 bits per heavy atom. The van der Waals surface area contributed by atoms with Gasteiger partial charge in [0.15, 0.2) is 9.84 Å². The average molecular weight is 346 g/mol. The highest BCUT2D eigenvalue weighted by Gasteiger charge is 2.28. The lowest BCUT2D eigenvalue weighted by Gasteiger charge is -2.11. The van der Waals surface area contributed by atoms with Gasteiger partial charge >= 0.3 is 0 Å². The molecule has 7 nitrogen and oxygen atoms in total. The molecular formula is C16H18N4O3S. The quantitative estimate of drug-likeness (QED) is 0.873. The standard InChI is InChI=1S/C16H18N4O3S/c1-11-2-4-12(5-3-11)18-15(21)14-6-8-17-16(20-14)19-13-7-9-24(22,23)10-13/h2-6,8,13H,7,9-10H2,1H3,(H,18,21)(H,17,19,20). The monoisotopic (exact) mass is 346 g/mol. The fraction of sp³-hybridized carbons (Fsp3) is 0.312. The lowest BCUT2D eigenvalue weighted by Crippen LogP contribution is -2.23. The highest BCUT2D eigenvalue weighted by molar-refractivity contribution is 7.91. The van der Waals surface area contributed by atoms with Crippen LogP contribution in [0.2, 0.25) is 0 Å². The summed E-state index contributed by atoms with van der Waals surface area (Å²) in [6, 6.07) is 8.74. The number of aromatic nitrogens is 2. The van der Waals surface area contributed by atoms with Crippen LogP contribution in [0.1, 0.15) is 22.5 Å². The molecule has 2 aromatic rings. The number of aryl methyl sites for hydroxylation is 1. The lowest BCUT2D eigenvalue weighted by atomic mass is 10.2. The average Bonchev–Trinajstić information content (AvgIpc) is 2.88. The molecule has 1 aliphatic rings. The molecule has 0 radical (unpaired) electrons. The first-order chi connectivity index (χ1) is 11.4. The molecule has 2 heterocycles. The Balaban J connectivity index is 1.68. The van der Waals surface area contributed by atoms with Crippen molar-refractivity contribution >= 4 is 27.4 Å². The van der Waals surface area contributed by atoms with Crippen LogP contribution in [0.5, 0.6) is 0 Å². The molecule has 0 spiro atoms. The molecule has 1 aromatic heterocycles. The van der Waals surface area contributed by atoms with Crippen molar-refractivity contribution in [3.63, 3.8) is 0 Å². The number of anilines is 2. The summed E-state index contributed by atoms with van der Waals surface area (Å²) in [6.07, 6.45) is 1.99. The van der Waals surface area contributed by atoms with Gasteiger partial charge in [-0.3, -0.25) is 4.79 Å². The van der Waals surface area contributed by atoms with E-state index in [1.165, 1.54) is 12.3 Å². The van der Waals surface area contributed by atoms with E-state index in [-0.39, 0.29) is 35.1 Å². The topological polar surface area (TPSA) is 101 Å². The summed E-state index contributed by atoms with van der Waals surface area (Å²) >= 11 is 0. The molecule has 0 saturated carbocycles. The van der Waals surface area contributed by atoms with E-state index < -0.39 is 9.84 Å². The molecule has 0 aliphatic carbocycles. The van der Waals surface area contributed by atoms with Crippen molar-refractivity contribution in [2.45, 2.75) is 19.4 Å². The molecule has 1 aliphatic heterocycles. The maximum atomic E-state index is 12.3. The number of benzene rings is 1. The predicted octanol–water partition coefficient (Wildman–Crippen LogP) is 1.64. The fourth-order valence-corrected chi connectivity index (χ4v) is 4.15. The van der Waals surface area contributed by atoms with Crippen LogP contribution in [0.3, 0.4) is 0 Å². The molecule has 1 unspecified atom stereocenters. The number of nitrogens with zero attached hydrogens (tertiary/aromatic N) is 2. The van der Waals surface area contributed by atoms with Gasteiger partial charge < -0.3 is 10.6 Å². The first kappa shape index (κ1) is 16.4. The van der Waals surface area contributed by atoms with Crippen molar-refractivity contribution in [3.8, 4) is 0 Å². The molecule has 1 fully saturated rings. The maximum Gasteiger partial charge on any atom is 0.274 e. The van der Waals surface area contributed by atoms with Gasteiger partial charge in [-0.2, -0.15) is 0 Å². The molecule has 126 valence electrons. The van der Waals surface area contributed by atoms with Crippen LogP contribution in [-0.4, -0.2) is 41.8 Å². The smallest absolute Gasteiger partial charge is 0.274 e. The normalized spacial score (nSPS) is 19.0. The highest BCUT2D eigenvalue weighted by Crippen LogP contribution is 2.15. The molecule has 24 heavy (non-hydrogen) atoms. The second-order valence-corrected chi connectivity index (χ2v) is 8.06. The van der Waals surface area contributed by atoms with Crippen LogP contribution in [0, 0.1) is 6.92 Å². The summed E-state index contributed by atoms with van der Waals surface area (Å²) in [5.74, 6) is 0.144. The molecule has 2 N–H and O–H groups in total. The Hall–Kier alpha value is -2.48. The minimum Gasteiger partial charge on any atom is -0.350 e. The van der Waals surface area contributed by atoms with E-state index in [0.717, 1.165) is 5.56 Å². The molecule has 1 saturated heterocycles. The summed E-state index contributed by atoms with van der Waals surface area (Å²) < 4.78 is 23.0. The maximum absolute atomic E-state index is 12.3. The van der Waals surface area contributed by atoms with Gasteiger partial charge in [0.2, 0.25) is 5.95 Å². The van der Waals surface area contributed by atoms with Crippen LogP contribution >= 0.6 is 0 Å². The zero-order chi connectivity index (χ0) is 17.2. The van der Waals surface area contributed by atoms with E-state index in [2.05, 4.69) is 20.6 Å². The second kappa shape index (κ2) is 6.56. The van der Waals surface area contributed by atoms with E-state index in [1.54, 1.807) is 0 Å². The van der Waals surface area contributed by atoms with Crippen molar-refractivity contribution in [1.82, 2.24) is 9.97 Å². The van der Waals surface area contributed by atoms with Crippen molar-refractivity contribution in [3.05, 3.63) is 47.8 Å². The molecule has 3 rings (SSSR count). The third-order valence-corrected chi connectivity index (χ3v) is 5.53. The van der Waals surface area contributed by atoms with E-state index in [9.17, 15) is 13.2 Å². The first-order valence-electron chi connectivity index (χ1n) is 7.59. The van der Waals surface area contributed by atoms with Gasteiger partial charge in [0.1, 0.15) is 5.69 Å². The van der Waals surface area contributed by atoms with Gasteiger partial charge in [0.25, 0.3) is 5.91 Å². The summed E-state index contributed by atoms with van der Waals surface area (Å²) in [7, 11) is -2.98. The Morgan fingerprint density at radius 3 is 2.62 bits per heavy atom. The number of carbonyl (C=O) groups is 1. The molecular weight excluding hydrogens is 328 g/mol. The minimum atomic E-state index is -2.98. The van der Waals surface area contributed by atoms with Crippen molar-refractivity contribution in [2.24, 2.45) is 0 Å². The first-order valence-corrected chi connectivity index (χ1v) is 9.41. The lowest BCUT2D eigenvalue weighted by molar-refractivity contribution is 0.102. The minimum absolute atomic E-state index is 0.0656. The summed E-state index contributed by atoms with van der Waals surface area (Å²) in [5, 5.41) is 5.75. The third kappa shape index (κ3) is 4.08. The number of amides is 1. The summed E-state index contributed by atoms with van der Waals surface area (Å²) in [4.78, 5) is 20.5. The zero-order valence-corrected chi connectivity index (χ0v) is 14.0. The van der Waals surface area contributed by atoms with Gasteiger partial charge in [-0.1, -0.05) is 17.7 Å². The predicted molar refractivity (Wildman–Crippen MR) is 91.8 cm³/mol. The van der Waals surface area contributed by atoms with Gasteiger partial charge in [-0.25, -0.2) is 18.4 Å². The molecule has 1 amide bonds. The number of carbonyl (C=O) groups excluding carboxylic acids is 1. The molecule has 1 aromatic carbocycles. The van der Waals surface area contributed by atoms with Crippen LogP contribution in [0.4, 0.5) is 11.6 Å². The second-order valence-electron chi connectivity index (χ2n) is 5.83. The SMILES string of the molecule is Cc1ccc(NC(=O)c2ccnc(NC3CCS(=O)(=O)C3)n2)cc1. The van der Waals surface area contributed by atoms with Gasteiger partial charge in [-0.15, -0.1) is 0 Å². The van der Waals surface area contributed by atoms with Crippen molar-refractivity contribution < 1.29 is 13.2 Å². The van der Waals surface area contributed by atoms with Crippen molar-refractivity contribution in [1.29, 1.82) is 0 Å². The number of rotatable bonds is 4. The number of nitrogens with one attached hydrogen (secondary N) is 2. The van der Waals surface area contributed by atoms with Gasteiger partial charge in [0, 0.05) is 17.9 Å². The van der Waals surface area contributed by atoms with Crippen LogP contribution < -0.4 is 10.6 Å². The number of hydrogen-bond donors (Lipinski definition) is 2. The van der Waals surface area contributed by atoms with Crippen LogP contribution in [-0.2, 0) is 9.84 Å². The van der Waals surface area contributed by atoms with E-state index in [1.807, 2.05) is 31.2 Å². The van der Waals surface area contributed by atoms with E-state index in [0.29, 0.717) is 12.1 Å². The summed E-state index contributed by atoms with van der Waals surface area (Å²) in [6.45, 7) is 1.97. The van der Waals surface area contributed by atoms with Crippen LogP contribution in [0.25, 0.3) is 0 Å². The zero-order valence-electron chi connectivity index (χ0n) is 13.2. The van der Waals surface area contributed by atoms with Gasteiger partial charge in [0.05, 0.1) is 11.5 Å². The molecule has 1 atom stereocenters. The number of hydrogen-bond acceptors (Lipinski definition) is 6. The number of sulfone groups is 1. The molecule has 8 heteroatoms. The van der Waals surface area contributed by atoms with E-state index in [4.69, 9.17) is 0 Å². The third-order valence-electron chi connectivity index (χ3n) is 3.76. The Labute approximate surface area is 140 Å². The van der Waals surface area contributed by atoms with E-state index >= 15 is 0 Å². The Bertz CT molecular complexity index is 850. The Kier molecular flexibility index (Phi) is 4.48. The largest absolute Gasteiger partial charge is 0.350 e.